The van der Waals surface area contributed by atoms with E-state index in [1.165, 1.54) is 6.92 Å². The fraction of sp³-hybridized carbons (Fsp3) is 0.615. The number of sulfone groups is 1. The molecule has 0 aromatic carbocycles. The van der Waals surface area contributed by atoms with Crippen LogP contribution in [0.3, 0.4) is 0 Å². The number of nitrogen functional groups attached to an aromatic ring is 1. The van der Waals surface area contributed by atoms with Gasteiger partial charge in [-0.2, -0.15) is 0 Å². The van der Waals surface area contributed by atoms with Crippen molar-refractivity contribution in [1.82, 2.24) is 0 Å². The first-order valence-corrected chi connectivity index (χ1v) is 9.19. The Kier molecular flexibility index (Phi) is 6.18. The van der Waals surface area contributed by atoms with Gasteiger partial charge in [0, 0.05) is 13.5 Å². The maximum Gasteiger partial charge on any atom is 0.183 e. The van der Waals surface area contributed by atoms with E-state index in [1.54, 1.807) is 6.92 Å². The second-order valence-electron chi connectivity index (χ2n) is 4.81. The molecule has 1 aromatic rings. The molecule has 0 atom stereocenters. The van der Waals surface area contributed by atoms with Crippen LogP contribution in [0.15, 0.2) is 4.90 Å². The van der Waals surface area contributed by atoms with Gasteiger partial charge in [0.05, 0.1) is 29.0 Å². The minimum absolute atomic E-state index is 0.0322. The summed E-state index contributed by atoms with van der Waals surface area (Å²) in [5.74, 6) is -0.306. The smallest absolute Gasteiger partial charge is 0.183 e. The molecule has 0 aliphatic heterocycles. The zero-order chi connectivity index (χ0) is 16.2. The highest BCUT2D eigenvalue weighted by molar-refractivity contribution is 7.91. The Bertz CT molecular complexity index is 606. The number of thiophene rings is 1. The highest BCUT2D eigenvalue weighted by atomic mass is 32.2. The second-order valence-corrected chi connectivity index (χ2v) is 8.04. The minimum atomic E-state index is -3.50. The maximum absolute atomic E-state index is 12.2. The molecule has 1 rings (SSSR count). The SMILES string of the molecule is CCS(=O)(=O)c1c(NCCOC(C)C)sc(C(C)=O)c1N. The fourth-order valence-electron chi connectivity index (χ4n) is 1.72. The van der Waals surface area contributed by atoms with Crippen LogP contribution in [0.1, 0.15) is 37.4 Å². The van der Waals surface area contributed by atoms with Crippen LogP contribution in [-0.4, -0.2) is 39.2 Å². The molecular formula is C13H22N2O4S2. The van der Waals surface area contributed by atoms with Crippen molar-refractivity contribution in [2.45, 2.75) is 38.7 Å². The lowest BCUT2D eigenvalue weighted by atomic mass is 10.3. The molecule has 0 aliphatic rings. The highest BCUT2D eigenvalue weighted by Gasteiger charge is 2.27. The maximum atomic E-state index is 12.2. The Morgan fingerprint density at radius 1 is 1.43 bits per heavy atom. The van der Waals surface area contributed by atoms with E-state index in [9.17, 15) is 13.2 Å². The molecule has 1 aromatic heterocycles. The number of hydrogen-bond acceptors (Lipinski definition) is 7. The zero-order valence-electron chi connectivity index (χ0n) is 12.7. The molecule has 0 aliphatic carbocycles. The number of carbonyl (C=O) groups excluding carboxylic acids is 1. The number of carbonyl (C=O) groups is 1. The van der Waals surface area contributed by atoms with Crippen LogP contribution < -0.4 is 11.1 Å². The molecule has 0 unspecified atom stereocenters. The van der Waals surface area contributed by atoms with Crippen molar-refractivity contribution in [1.29, 1.82) is 0 Å². The van der Waals surface area contributed by atoms with Crippen molar-refractivity contribution in [3.8, 4) is 0 Å². The van der Waals surface area contributed by atoms with E-state index in [0.717, 1.165) is 11.3 Å². The van der Waals surface area contributed by atoms with Crippen LogP contribution in [0.25, 0.3) is 0 Å². The lowest BCUT2D eigenvalue weighted by Crippen LogP contribution is -2.15. The number of hydrogen-bond donors (Lipinski definition) is 2. The molecule has 1 heterocycles. The standard InChI is InChI=1S/C13H22N2O4S2/c1-5-21(17,18)12-10(14)11(9(4)16)20-13(12)15-6-7-19-8(2)3/h8,15H,5-7,14H2,1-4H3. The Hall–Kier alpha value is -1.12. The molecule has 0 saturated heterocycles. The van der Waals surface area contributed by atoms with Gasteiger partial charge in [-0.1, -0.05) is 6.92 Å². The summed E-state index contributed by atoms with van der Waals surface area (Å²) in [5.41, 5.74) is 5.90. The first-order valence-electron chi connectivity index (χ1n) is 6.72. The molecule has 120 valence electrons. The van der Waals surface area contributed by atoms with Crippen LogP contribution in [0, 0.1) is 0 Å². The van der Waals surface area contributed by atoms with Crippen LogP contribution in [0.5, 0.6) is 0 Å². The van der Waals surface area contributed by atoms with Crippen molar-refractivity contribution in [3.05, 3.63) is 4.88 Å². The van der Waals surface area contributed by atoms with E-state index < -0.39 is 9.84 Å². The molecule has 21 heavy (non-hydrogen) atoms. The summed E-state index contributed by atoms with van der Waals surface area (Å²) in [4.78, 5) is 11.9. The fourth-order valence-corrected chi connectivity index (χ4v) is 4.31. The molecule has 6 nitrogen and oxygen atoms in total. The van der Waals surface area contributed by atoms with Gasteiger partial charge in [0.25, 0.3) is 0 Å². The van der Waals surface area contributed by atoms with Crippen molar-refractivity contribution in [2.24, 2.45) is 0 Å². The third-order valence-corrected chi connectivity index (χ3v) is 5.95. The Morgan fingerprint density at radius 3 is 2.52 bits per heavy atom. The number of nitrogens with two attached hydrogens (primary N) is 1. The second kappa shape index (κ2) is 7.24. The van der Waals surface area contributed by atoms with Crippen molar-refractivity contribution >= 4 is 37.6 Å². The van der Waals surface area contributed by atoms with Gasteiger partial charge in [0.2, 0.25) is 0 Å². The summed E-state index contributed by atoms with van der Waals surface area (Å²) in [6.07, 6.45) is 0.104. The van der Waals surface area contributed by atoms with Gasteiger partial charge in [0.1, 0.15) is 9.90 Å². The normalized spacial score (nSPS) is 11.9. The lowest BCUT2D eigenvalue weighted by molar-refractivity contribution is 0.0870. The number of nitrogens with one attached hydrogen (secondary N) is 1. The molecule has 0 saturated carbocycles. The number of ether oxygens (including phenoxy) is 1. The molecular weight excluding hydrogens is 312 g/mol. The van der Waals surface area contributed by atoms with Gasteiger partial charge in [-0.15, -0.1) is 11.3 Å². The average molecular weight is 334 g/mol. The molecule has 8 heteroatoms. The van der Waals surface area contributed by atoms with Crippen LogP contribution in [0.4, 0.5) is 10.7 Å². The largest absolute Gasteiger partial charge is 0.396 e. The van der Waals surface area contributed by atoms with Gasteiger partial charge in [-0.25, -0.2) is 8.42 Å². The van der Waals surface area contributed by atoms with E-state index in [4.69, 9.17) is 10.5 Å². The van der Waals surface area contributed by atoms with Crippen LogP contribution in [0.2, 0.25) is 0 Å². The predicted molar refractivity (Wildman–Crippen MR) is 86.0 cm³/mol. The van der Waals surface area contributed by atoms with Crippen LogP contribution >= 0.6 is 11.3 Å². The zero-order valence-corrected chi connectivity index (χ0v) is 14.4. The summed E-state index contributed by atoms with van der Waals surface area (Å²) in [7, 11) is -3.50. The van der Waals surface area contributed by atoms with E-state index in [0.29, 0.717) is 18.2 Å². The number of rotatable bonds is 8. The number of ketones is 1. The van der Waals surface area contributed by atoms with Gasteiger partial charge in [0.15, 0.2) is 15.6 Å². The Balaban J connectivity index is 3.07. The minimum Gasteiger partial charge on any atom is -0.396 e. The van der Waals surface area contributed by atoms with E-state index >= 15 is 0 Å². The predicted octanol–water partition coefficient (Wildman–Crippen LogP) is 2.16. The van der Waals surface area contributed by atoms with Gasteiger partial charge in [-0.3, -0.25) is 4.79 Å². The molecule has 3 N–H and O–H groups in total. The quantitative estimate of drug-likeness (QED) is 0.558. The molecule has 0 spiro atoms. The number of anilines is 2. The third-order valence-electron chi connectivity index (χ3n) is 2.75. The number of Topliss-reactive ketones (excluding diaryl/α,β-unsaturated/α-hetero) is 1. The van der Waals surface area contributed by atoms with E-state index in [2.05, 4.69) is 5.32 Å². The topological polar surface area (TPSA) is 98.5 Å². The molecule has 0 fully saturated rings. The van der Waals surface area contributed by atoms with Crippen LogP contribution in [-0.2, 0) is 14.6 Å². The third kappa shape index (κ3) is 4.42. The summed E-state index contributed by atoms with van der Waals surface area (Å²) in [6.45, 7) is 7.65. The monoisotopic (exact) mass is 334 g/mol. The Morgan fingerprint density at radius 2 is 2.05 bits per heavy atom. The summed E-state index contributed by atoms with van der Waals surface area (Å²) < 4.78 is 29.7. The first-order chi connectivity index (χ1) is 9.70. The highest BCUT2D eigenvalue weighted by Crippen LogP contribution is 2.39. The van der Waals surface area contributed by atoms with E-state index in [1.807, 2.05) is 13.8 Å². The van der Waals surface area contributed by atoms with Crippen molar-refractivity contribution in [2.75, 3.05) is 30.0 Å². The Labute approximate surface area is 129 Å². The molecule has 0 radical (unpaired) electrons. The van der Waals surface area contributed by atoms with Crippen molar-refractivity contribution in [3.63, 3.8) is 0 Å². The molecule has 0 bridgehead atoms. The first kappa shape index (κ1) is 17.9. The van der Waals surface area contributed by atoms with Gasteiger partial charge >= 0.3 is 0 Å². The van der Waals surface area contributed by atoms with Gasteiger partial charge in [-0.05, 0) is 13.8 Å². The van der Waals surface area contributed by atoms with E-state index in [-0.39, 0.29) is 33.1 Å². The van der Waals surface area contributed by atoms with Crippen molar-refractivity contribution < 1.29 is 17.9 Å². The van der Waals surface area contributed by atoms with Gasteiger partial charge < -0.3 is 15.8 Å². The summed E-state index contributed by atoms with van der Waals surface area (Å²) in [5, 5.41) is 3.42. The average Bonchev–Trinajstić information content (AvgIpc) is 2.72. The molecule has 0 amide bonds. The summed E-state index contributed by atoms with van der Waals surface area (Å²) >= 11 is 1.07. The summed E-state index contributed by atoms with van der Waals surface area (Å²) in [6, 6.07) is 0. The lowest BCUT2D eigenvalue weighted by Gasteiger charge is -2.10.